The molecule has 0 radical (unpaired) electrons. The first-order chi connectivity index (χ1) is 10.6. The van der Waals surface area contributed by atoms with Crippen LogP contribution in [0.1, 0.15) is 0 Å². The van der Waals surface area contributed by atoms with E-state index in [0.29, 0.717) is 45.3 Å². The van der Waals surface area contributed by atoms with Crippen LogP contribution in [0.4, 0.5) is 5.95 Å². The second kappa shape index (κ2) is 8.37. The molecular formula is C13H22N4O4S. The Kier molecular flexibility index (Phi) is 6.49. The van der Waals surface area contributed by atoms with Gasteiger partial charge >= 0.3 is 0 Å². The zero-order chi connectivity index (χ0) is 15.8. The molecular weight excluding hydrogens is 308 g/mol. The van der Waals surface area contributed by atoms with E-state index in [2.05, 4.69) is 9.97 Å². The number of hydrogen-bond donors (Lipinski definition) is 0. The first-order valence-electron chi connectivity index (χ1n) is 7.20. The predicted molar refractivity (Wildman–Crippen MR) is 82.3 cm³/mol. The highest BCUT2D eigenvalue weighted by Gasteiger charge is 2.27. The first-order valence-corrected chi connectivity index (χ1v) is 8.81. The van der Waals surface area contributed by atoms with Gasteiger partial charge in [0.2, 0.25) is 16.0 Å². The smallest absolute Gasteiger partial charge is 0.225 e. The van der Waals surface area contributed by atoms with Crippen molar-refractivity contribution in [1.29, 1.82) is 0 Å². The summed E-state index contributed by atoms with van der Waals surface area (Å²) in [6, 6.07) is 1.76. The van der Waals surface area contributed by atoms with E-state index in [-0.39, 0.29) is 12.4 Å². The summed E-state index contributed by atoms with van der Waals surface area (Å²) in [5.41, 5.74) is 0. The van der Waals surface area contributed by atoms with Crippen LogP contribution in [0.25, 0.3) is 0 Å². The number of rotatable bonds is 8. The van der Waals surface area contributed by atoms with Gasteiger partial charge in [0.15, 0.2) is 0 Å². The molecule has 1 aliphatic rings. The number of aromatic nitrogens is 2. The molecule has 1 fully saturated rings. The normalized spacial score (nSPS) is 16.9. The summed E-state index contributed by atoms with van der Waals surface area (Å²) in [5.74, 6) is 0.640. The van der Waals surface area contributed by atoms with Gasteiger partial charge in [-0.05, 0) is 6.07 Å². The standard InChI is InChI=1S/C13H22N4O4S/c1-20-9-10-21-11-12-22(18,19)17-7-5-16(6-8-17)13-14-3-2-4-15-13/h2-4H,5-12H2,1H3. The number of sulfonamides is 1. The average molecular weight is 330 g/mol. The molecule has 0 spiro atoms. The monoisotopic (exact) mass is 330 g/mol. The highest BCUT2D eigenvalue weighted by Crippen LogP contribution is 2.12. The Morgan fingerprint density at radius 3 is 2.41 bits per heavy atom. The van der Waals surface area contributed by atoms with E-state index in [9.17, 15) is 8.42 Å². The van der Waals surface area contributed by atoms with E-state index in [0.717, 1.165) is 0 Å². The minimum atomic E-state index is -3.28. The van der Waals surface area contributed by atoms with Gasteiger partial charge in [-0.2, -0.15) is 4.31 Å². The van der Waals surface area contributed by atoms with Crippen molar-refractivity contribution in [3.05, 3.63) is 18.5 Å². The van der Waals surface area contributed by atoms with Gasteiger partial charge in [0.25, 0.3) is 0 Å². The Hall–Kier alpha value is -1.29. The van der Waals surface area contributed by atoms with E-state index < -0.39 is 10.0 Å². The third-order valence-corrected chi connectivity index (χ3v) is 5.22. The predicted octanol–water partition coefficient (Wildman–Crippen LogP) is -0.409. The van der Waals surface area contributed by atoms with E-state index in [1.165, 1.54) is 4.31 Å². The first kappa shape index (κ1) is 17.1. The van der Waals surface area contributed by atoms with Gasteiger partial charge in [-0.3, -0.25) is 0 Å². The maximum Gasteiger partial charge on any atom is 0.225 e. The van der Waals surface area contributed by atoms with Crippen LogP contribution in [-0.2, 0) is 19.5 Å². The summed E-state index contributed by atoms with van der Waals surface area (Å²) in [5, 5.41) is 0. The molecule has 0 N–H and O–H groups in total. The lowest BCUT2D eigenvalue weighted by Crippen LogP contribution is -2.50. The molecule has 1 saturated heterocycles. The molecule has 1 aromatic heterocycles. The van der Waals surface area contributed by atoms with Crippen LogP contribution >= 0.6 is 0 Å². The molecule has 0 atom stereocenters. The van der Waals surface area contributed by atoms with E-state index >= 15 is 0 Å². The van der Waals surface area contributed by atoms with Crippen LogP contribution in [0, 0.1) is 0 Å². The molecule has 22 heavy (non-hydrogen) atoms. The summed E-state index contributed by atoms with van der Waals surface area (Å²) in [6.07, 6.45) is 3.37. The van der Waals surface area contributed by atoms with Crippen LogP contribution in [0.15, 0.2) is 18.5 Å². The fourth-order valence-electron chi connectivity index (χ4n) is 2.16. The molecule has 0 bridgehead atoms. The summed E-state index contributed by atoms with van der Waals surface area (Å²) in [7, 11) is -1.70. The fourth-order valence-corrected chi connectivity index (χ4v) is 3.46. The number of hydrogen-bond acceptors (Lipinski definition) is 7. The number of ether oxygens (including phenoxy) is 2. The highest BCUT2D eigenvalue weighted by atomic mass is 32.2. The molecule has 0 aliphatic carbocycles. The van der Waals surface area contributed by atoms with Gasteiger partial charge in [-0.1, -0.05) is 0 Å². The molecule has 9 heteroatoms. The molecule has 0 unspecified atom stereocenters. The van der Waals surface area contributed by atoms with Gasteiger partial charge in [-0.15, -0.1) is 0 Å². The number of piperazine rings is 1. The van der Waals surface area contributed by atoms with E-state index in [4.69, 9.17) is 9.47 Å². The largest absolute Gasteiger partial charge is 0.382 e. The van der Waals surface area contributed by atoms with Gasteiger partial charge in [0, 0.05) is 45.7 Å². The average Bonchev–Trinajstić information content (AvgIpc) is 2.55. The quantitative estimate of drug-likeness (QED) is 0.599. The van der Waals surface area contributed by atoms with Crippen LogP contribution < -0.4 is 4.90 Å². The Morgan fingerprint density at radius 2 is 1.77 bits per heavy atom. The molecule has 1 aliphatic heterocycles. The van der Waals surface area contributed by atoms with Gasteiger partial charge in [-0.25, -0.2) is 18.4 Å². The van der Waals surface area contributed by atoms with Gasteiger partial charge in [0.05, 0.1) is 25.6 Å². The highest BCUT2D eigenvalue weighted by molar-refractivity contribution is 7.89. The van der Waals surface area contributed by atoms with Crippen molar-refractivity contribution in [3.8, 4) is 0 Å². The molecule has 2 rings (SSSR count). The maximum atomic E-state index is 12.2. The summed E-state index contributed by atoms with van der Waals surface area (Å²) >= 11 is 0. The van der Waals surface area contributed by atoms with Crippen LogP contribution in [-0.4, -0.2) is 81.6 Å². The zero-order valence-electron chi connectivity index (χ0n) is 12.7. The summed E-state index contributed by atoms with van der Waals surface area (Å²) < 4.78 is 36.0. The minimum absolute atomic E-state index is 0.00144. The fraction of sp³-hybridized carbons (Fsp3) is 0.692. The SMILES string of the molecule is COCCOCCS(=O)(=O)N1CCN(c2ncccn2)CC1. The third kappa shape index (κ3) is 4.87. The Balaban J connectivity index is 1.78. The second-order valence-corrected chi connectivity index (χ2v) is 6.94. The van der Waals surface area contributed by atoms with Gasteiger partial charge < -0.3 is 14.4 Å². The molecule has 2 heterocycles. The van der Waals surface area contributed by atoms with Crippen molar-refractivity contribution in [2.75, 3.05) is 63.8 Å². The second-order valence-electron chi connectivity index (χ2n) is 4.86. The van der Waals surface area contributed by atoms with Crippen molar-refractivity contribution < 1.29 is 17.9 Å². The zero-order valence-corrected chi connectivity index (χ0v) is 13.5. The summed E-state index contributed by atoms with van der Waals surface area (Å²) in [4.78, 5) is 10.4. The lowest BCUT2D eigenvalue weighted by atomic mass is 10.4. The molecule has 0 saturated carbocycles. The topological polar surface area (TPSA) is 84.9 Å². The lowest BCUT2D eigenvalue weighted by molar-refractivity contribution is 0.0781. The number of nitrogens with zero attached hydrogens (tertiary/aromatic N) is 4. The Labute approximate surface area is 131 Å². The Morgan fingerprint density at radius 1 is 1.09 bits per heavy atom. The van der Waals surface area contributed by atoms with Crippen molar-refractivity contribution in [2.24, 2.45) is 0 Å². The maximum absolute atomic E-state index is 12.2. The molecule has 0 aromatic carbocycles. The van der Waals surface area contributed by atoms with Crippen molar-refractivity contribution in [1.82, 2.24) is 14.3 Å². The van der Waals surface area contributed by atoms with Crippen molar-refractivity contribution >= 4 is 16.0 Å². The van der Waals surface area contributed by atoms with Crippen LogP contribution in [0.2, 0.25) is 0 Å². The molecule has 124 valence electrons. The Bertz CT molecular complexity index is 532. The van der Waals surface area contributed by atoms with Crippen LogP contribution in [0.3, 0.4) is 0 Å². The van der Waals surface area contributed by atoms with Crippen LogP contribution in [0.5, 0.6) is 0 Å². The molecule has 8 nitrogen and oxygen atoms in total. The van der Waals surface area contributed by atoms with Crippen molar-refractivity contribution in [2.45, 2.75) is 0 Å². The molecule has 0 amide bonds. The molecule has 1 aromatic rings. The lowest BCUT2D eigenvalue weighted by Gasteiger charge is -2.33. The van der Waals surface area contributed by atoms with E-state index in [1.54, 1.807) is 25.6 Å². The van der Waals surface area contributed by atoms with E-state index in [1.807, 2.05) is 4.90 Å². The minimum Gasteiger partial charge on any atom is -0.382 e. The number of anilines is 1. The third-order valence-electron chi connectivity index (χ3n) is 3.38. The van der Waals surface area contributed by atoms with Gasteiger partial charge in [0.1, 0.15) is 0 Å². The summed E-state index contributed by atoms with van der Waals surface area (Å²) in [6.45, 7) is 3.13. The van der Waals surface area contributed by atoms with Crippen molar-refractivity contribution in [3.63, 3.8) is 0 Å². The number of methoxy groups -OCH3 is 1.